The summed E-state index contributed by atoms with van der Waals surface area (Å²) < 4.78 is 7.56. The molecule has 1 aromatic carbocycles. The van der Waals surface area contributed by atoms with E-state index in [4.69, 9.17) is 4.74 Å². The molecule has 0 unspecified atom stereocenters. The van der Waals surface area contributed by atoms with Crippen LogP contribution >= 0.6 is 0 Å². The zero-order chi connectivity index (χ0) is 16.4. The van der Waals surface area contributed by atoms with E-state index in [2.05, 4.69) is 22.1 Å². The Labute approximate surface area is 136 Å². The van der Waals surface area contributed by atoms with Crippen LogP contribution in [0.3, 0.4) is 0 Å². The normalized spacial score (nSPS) is 17.0. The number of carbonyl (C=O) groups is 1. The molecule has 0 saturated carbocycles. The number of fused-ring (bicyclic) bond motifs is 1. The van der Waals surface area contributed by atoms with Gasteiger partial charge < -0.3 is 19.5 Å². The van der Waals surface area contributed by atoms with E-state index < -0.39 is 0 Å². The first-order valence-electron chi connectivity index (χ1n) is 7.96. The van der Waals surface area contributed by atoms with Gasteiger partial charge in [-0.2, -0.15) is 0 Å². The first kappa shape index (κ1) is 15.5. The molecule has 1 aliphatic rings. The average molecular weight is 313 g/mol. The van der Waals surface area contributed by atoms with Crippen molar-refractivity contribution < 1.29 is 9.53 Å². The van der Waals surface area contributed by atoms with E-state index in [-0.39, 0.29) is 18.1 Å². The molecule has 0 radical (unpaired) electrons. The molecule has 5 nitrogen and oxygen atoms in total. The van der Waals surface area contributed by atoms with Crippen LogP contribution in [0.25, 0.3) is 0 Å². The van der Waals surface area contributed by atoms with Crippen LogP contribution in [0.2, 0.25) is 0 Å². The van der Waals surface area contributed by atoms with Crippen molar-refractivity contribution >= 4 is 6.03 Å². The van der Waals surface area contributed by atoms with Gasteiger partial charge in [-0.3, -0.25) is 0 Å². The minimum atomic E-state index is -0.104. The van der Waals surface area contributed by atoms with Crippen molar-refractivity contribution in [1.29, 1.82) is 0 Å². The highest BCUT2D eigenvalue weighted by Gasteiger charge is 2.32. The number of hydrogen-bond acceptors (Lipinski definition) is 2. The van der Waals surface area contributed by atoms with Crippen LogP contribution in [0.15, 0.2) is 42.6 Å². The summed E-state index contributed by atoms with van der Waals surface area (Å²) in [5.41, 5.74) is 2.19. The standard InChI is InChI=1S/C18H23N3O2/c1-13(2)19-18(22)21-11-10-20-9-5-8-16(20)17(21)14-6-4-7-15(12-14)23-3/h4-9,12-13,17H,10-11H2,1-3H3,(H,19,22)/t17-/m0/s1. The largest absolute Gasteiger partial charge is 0.497 e. The Kier molecular flexibility index (Phi) is 4.28. The molecule has 2 amide bonds. The number of urea groups is 1. The van der Waals surface area contributed by atoms with Gasteiger partial charge in [0.15, 0.2) is 0 Å². The van der Waals surface area contributed by atoms with E-state index in [0.717, 1.165) is 23.6 Å². The highest BCUT2D eigenvalue weighted by atomic mass is 16.5. The average Bonchev–Trinajstić information content (AvgIpc) is 3.01. The van der Waals surface area contributed by atoms with Crippen LogP contribution in [0, 0.1) is 0 Å². The summed E-state index contributed by atoms with van der Waals surface area (Å²) in [6.07, 6.45) is 2.07. The number of methoxy groups -OCH3 is 1. The summed E-state index contributed by atoms with van der Waals surface area (Å²) >= 11 is 0. The van der Waals surface area contributed by atoms with E-state index in [9.17, 15) is 4.79 Å². The molecule has 1 aliphatic heterocycles. The maximum atomic E-state index is 12.7. The molecule has 1 atom stereocenters. The van der Waals surface area contributed by atoms with Crippen LogP contribution < -0.4 is 10.1 Å². The summed E-state index contributed by atoms with van der Waals surface area (Å²) in [5.74, 6) is 0.801. The van der Waals surface area contributed by atoms with Crippen molar-refractivity contribution in [2.24, 2.45) is 0 Å². The Balaban J connectivity index is 2.01. The molecular formula is C18H23N3O2. The van der Waals surface area contributed by atoms with Gasteiger partial charge in [0.25, 0.3) is 0 Å². The van der Waals surface area contributed by atoms with Crippen molar-refractivity contribution in [3.8, 4) is 5.75 Å². The monoisotopic (exact) mass is 313 g/mol. The van der Waals surface area contributed by atoms with Crippen LogP contribution in [-0.2, 0) is 6.54 Å². The lowest BCUT2D eigenvalue weighted by molar-refractivity contribution is 0.166. The smallest absolute Gasteiger partial charge is 0.318 e. The number of amides is 2. The van der Waals surface area contributed by atoms with Crippen molar-refractivity contribution in [2.75, 3.05) is 13.7 Å². The molecule has 1 N–H and O–H groups in total. The zero-order valence-electron chi connectivity index (χ0n) is 13.8. The number of ether oxygens (including phenoxy) is 1. The van der Waals surface area contributed by atoms with Gasteiger partial charge in [0, 0.05) is 31.0 Å². The number of nitrogens with one attached hydrogen (secondary N) is 1. The summed E-state index contributed by atoms with van der Waals surface area (Å²) in [4.78, 5) is 14.6. The van der Waals surface area contributed by atoms with E-state index in [0.29, 0.717) is 6.54 Å². The zero-order valence-corrected chi connectivity index (χ0v) is 13.8. The minimum absolute atomic E-state index is 0.0275. The number of rotatable bonds is 3. The lowest BCUT2D eigenvalue weighted by atomic mass is 10.00. The fourth-order valence-corrected chi connectivity index (χ4v) is 3.09. The van der Waals surface area contributed by atoms with Gasteiger partial charge in [-0.1, -0.05) is 12.1 Å². The molecule has 0 fully saturated rings. The van der Waals surface area contributed by atoms with Crippen LogP contribution in [0.1, 0.15) is 31.1 Å². The topological polar surface area (TPSA) is 46.5 Å². The molecular weight excluding hydrogens is 290 g/mol. The molecule has 0 saturated heterocycles. The molecule has 23 heavy (non-hydrogen) atoms. The van der Waals surface area contributed by atoms with Gasteiger partial charge in [-0.15, -0.1) is 0 Å². The van der Waals surface area contributed by atoms with Crippen molar-refractivity contribution in [1.82, 2.24) is 14.8 Å². The first-order chi connectivity index (χ1) is 11.1. The van der Waals surface area contributed by atoms with Gasteiger partial charge >= 0.3 is 6.03 Å². The fourth-order valence-electron chi connectivity index (χ4n) is 3.09. The second kappa shape index (κ2) is 6.36. The Morgan fingerprint density at radius 3 is 2.83 bits per heavy atom. The third kappa shape index (κ3) is 3.04. The SMILES string of the molecule is COc1cccc([C@H]2c3cccn3CCN2C(=O)NC(C)C)c1. The molecule has 0 aliphatic carbocycles. The summed E-state index contributed by atoms with van der Waals surface area (Å²) in [6.45, 7) is 5.45. The highest BCUT2D eigenvalue weighted by Crippen LogP contribution is 2.33. The van der Waals surface area contributed by atoms with Gasteiger partial charge in [0.2, 0.25) is 0 Å². The van der Waals surface area contributed by atoms with Crippen molar-refractivity contribution in [2.45, 2.75) is 32.5 Å². The Bertz CT molecular complexity index is 693. The lowest BCUT2D eigenvalue weighted by Gasteiger charge is -2.37. The summed E-state index contributed by atoms with van der Waals surface area (Å²) in [7, 11) is 1.66. The third-order valence-corrected chi connectivity index (χ3v) is 4.12. The minimum Gasteiger partial charge on any atom is -0.497 e. The van der Waals surface area contributed by atoms with Gasteiger partial charge in [-0.05, 0) is 43.7 Å². The lowest BCUT2D eigenvalue weighted by Crippen LogP contribution is -2.48. The molecule has 3 rings (SSSR count). The molecule has 5 heteroatoms. The first-order valence-corrected chi connectivity index (χ1v) is 7.96. The maximum Gasteiger partial charge on any atom is 0.318 e. The highest BCUT2D eigenvalue weighted by molar-refractivity contribution is 5.75. The van der Waals surface area contributed by atoms with Crippen LogP contribution in [-0.4, -0.2) is 35.2 Å². The van der Waals surface area contributed by atoms with Gasteiger partial charge in [0.1, 0.15) is 5.75 Å². The Hall–Kier alpha value is -2.43. The van der Waals surface area contributed by atoms with Gasteiger partial charge in [0.05, 0.1) is 13.2 Å². The number of aromatic nitrogens is 1. The van der Waals surface area contributed by atoms with Crippen molar-refractivity contribution in [3.05, 3.63) is 53.9 Å². The predicted molar refractivity (Wildman–Crippen MR) is 89.6 cm³/mol. The second-order valence-electron chi connectivity index (χ2n) is 6.10. The number of nitrogens with zero attached hydrogens (tertiary/aromatic N) is 2. The molecule has 0 bridgehead atoms. The quantitative estimate of drug-likeness (QED) is 0.947. The summed E-state index contributed by atoms with van der Waals surface area (Å²) in [6, 6.07) is 12.0. The Morgan fingerprint density at radius 1 is 1.26 bits per heavy atom. The number of hydrogen-bond donors (Lipinski definition) is 1. The van der Waals surface area contributed by atoms with E-state index in [1.807, 2.05) is 49.1 Å². The molecule has 0 spiro atoms. The fraction of sp³-hybridized carbons (Fsp3) is 0.389. The van der Waals surface area contributed by atoms with E-state index in [1.165, 1.54) is 0 Å². The summed E-state index contributed by atoms with van der Waals surface area (Å²) in [5, 5.41) is 3.01. The van der Waals surface area contributed by atoms with Crippen LogP contribution in [0.5, 0.6) is 5.75 Å². The maximum absolute atomic E-state index is 12.7. The van der Waals surface area contributed by atoms with E-state index >= 15 is 0 Å². The molecule has 122 valence electrons. The third-order valence-electron chi connectivity index (χ3n) is 4.12. The van der Waals surface area contributed by atoms with Gasteiger partial charge in [-0.25, -0.2) is 4.79 Å². The molecule has 2 aromatic rings. The predicted octanol–water partition coefficient (Wildman–Crippen LogP) is 3.02. The Morgan fingerprint density at radius 2 is 2.09 bits per heavy atom. The number of benzene rings is 1. The molecule has 1 aromatic heterocycles. The number of carbonyl (C=O) groups excluding carboxylic acids is 1. The second-order valence-corrected chi connectivity index (χ2v) is 6.10. The van der Waals surface area contributed by atoms with Crippen LogP contribution in [0.4, 0.5) is 4.79 Å². The molecule has 2 heterocycles. The van der Waals surface area contributed by atoms with Crippen molar-refractivity contribution in [3.63, 3.8) is 0 Å². The van der Waals surface area contributed by atoms with E-state index in [1.54, 1.807) is 7.11 Å².